The second-order valence-corrected chi connectivity index (χ2v) is 10.8. The molecule has 0 fully saturated rings. The Kier molecular flexibility index (Phi) is 6.61. The van der Waals surface area contributed by atoms with Gasteiger partial charge in [0.1, 0.15) is 16.9 Å². The van der Waals surface area contributed by atoms with E-state index in [1.54, 1.807) is 13.3 Å². The summed E-state index contributed by atoms with van der Waals surface area (Å²) >= 11 is 0. The highest BCUT2D eigenvalue weighted by Gasteiger charge is 2.15. The molecule has 0 spiro atoms. The average molecular weight is 582 g/mol. The molecule has 0 radical (unpaired) electrons. The quantitative estimate of drug-likeness (QED) is 0.196. The Hall–Kier alpha value is -6.07. The van der Waals surface area contributed by atoms with Gasteiger partial charge in [0.15, 0.2) is 5.82 Å². The zero-order valence-electron chi connectivity index (χ0n) is 24.5. The van der Waals surface area contributed by atoms with Gasteiger partial charge in [-0.05, 0) is 41.5 Å². The Balaban J connectivity index is 1.13. The van der Waals surface area contributed by atoms with Crippen LogP contribution in [0.1, 0.15) is 0 Å². The molecule has 0 aliphatic rings. The van der Waals surface area contributed by atoms with Crippen molar-refractivity contribution in [3.8, 4) is 62.0 Å². The number of aromatic nitrogens is 3. The smallest absolute Gasteiger partial charge is 0.160 e. The molecule has 0 unspecified atom stereocenters. The predicted molar refractivity (Wildman–Crippen MR) is 181 cm³/mol. The first kappa shape index (κ1) is 26.5. The summed E-state index contributed by atoms with van der Waals surface area (Å²) in [7, 11) is 1.67. The predicted octanol–water partition coefficient (Wildman–Crippen LogP) is 10.1. The highest BCUT2D eigenvalue weighted by molar-refractivity contribution is 6.11. The minimum absolute atomic E-state index is 0.707. The molecule has 0 saturated heterocycles. The lowest BCUT2D eigenvalue weighted by molar-refractivity contribution is 0.415. The van der Waals surface area contributed by atoms with Crippen LogP contribution in [0.3, 0.4) is 0 Å². The summed E-state index contributed by atoms with van der Waals surface area (Å²) in [6, 6.07) is 47.2. The zero-order valence-corrected chi connectivity index (χ0v) is 24.5. The van der Waals surface area contributed by atoms with Gasteiger partial charge in [0.2, 0.25) is 0 Å². The molecule has 5 aromatic carbocycles. The van der Waals surface area contributed by atoms with E-state index < -0.39 is 0 Å². The van der Waals surface area contributed by atoms with E-state index in [2.05, 4.69) is 66.7 Å². The Morgan fingerprint density at radius 2 is 1.09 bits per heavy atom. The normalized spacial score (nSPS) is 11.2. The van der Waals surface area contributed by atoms with Gasteiger partial charge in [-0.1, -0.05) is 109 Å². The number of methoxy groups -OCH3 is 1. The topological polar surface area (TPSA) is 61.0 Å². The minimum Gasteiger partial charge on any atom is -0.497 e. The van der Waals surface area contributed by atoms with E-state index in [0.717, 1.165) is 78.2 Å². The van der Waals surface area contributed by atoms with Crippen molar-refractivity contribution >= 4 is 21.9 Å². The summed E-state index contributed by atoms with van der Waals surface area (Å²) in [4.78, 5) is 14.6. The third-order valence-electron chi connectivity index (χ3n) is 8.09. The Morgan fingerprint density at radius 3 is 1.73 bits per heavy atom. The van der Waals surface area contributed by atoms with Crippen molar-refractivity contribution in [2.45, 2.75) is 0 Å². The number of benzene rings is 5. The van der Waals surface area contributed by atoms with Crippen LogP contribution in [-0.4, -0.2) is 22.1 Å². The lowest BCUT2D eigenvalue weighted by Crippen LogP contribution is -1.95. The van der Waals surface area contributed by atoms with Gasteiger partial charge in [-0.15, -0.1) is 0 Å². The molecule has 3 heterocycles. The van der Waals surface area contributed by atoms with E-state index in [1.807, 2.05) is 72.8 Å². The van der Waals surface area contributed by atoms with E-state index in [-0.39, 0.29) is 0 Å². The lowest BCUT2D eigenvalue weighted by atomic mass is 9.99. The number of fused-ring (bicyclic) bond motifs is 3. The number of nitrogens with zero attached hydrogens (tertiary/aromatic N) is 3. The Morgan fingerprint density at radius 1 is 0.511 bits per heavy atom. The first-order valence-corrected chi connectivity index (χ1v) is 14.8. The van der Waals surface area contributed by atoms with E-state index in [0.29, 0.717) is 5.82 Å². The molecule has 8 rings (SSSR count). The van der Waals surface area contributed by atoms with Gasteiger partial charge in [-0.3, -0.25) is 4.98 Å². The lowest BCUT2D eigenvalue weighted by Gasteiger charge is -2.10. The van der Waals surface area contributed by atoms with Crippen LogP contribution in [-0.2, 0) is 0 Å². The first-order valence-electron chi connectivity index (χ1n) is 14.8. The van der Waals surface area contributed by atoms with Crippen LogP contribution in [0, 0.1) is 0 Å². The van der Waals surface area contributed by atoms with E-state index in [4.69, 9.17) is 24.1 Å². The summed E-state index contributed by atoms with van der Waals surface area (Å²) in [6.45, 7) is 0. The fourth-order valence-corrected chi connectivity index (χ4v) is 5.77. The second kappa shape index (κ2) is 11.2. The molecule has 0 amide bonds. The van der Waals surface area contributed by atoms with E-state index in [9.17, 15) is 0 Å². The summed E-state index contributed by atoms with van der Waals surface area (Å²) in [5, 5.41) is 1.97. The molecule has 0 aliphatic carbocycles. The molecule has 5 heteroatoms. The van der Waals surface area contributed by atoms with Gasteiger partial charge in [-0.25, -0.2) is 9.97 Å². The van der Waals surface area contributed by atoms with Gasteiger partial charge in [0, 0.05) is 33.8 Å². The third-order valence-corrected chi connectivity index (χ3v) is 8.09. The first-order chi connectivity index (χ1) is 22.2. The zero-order chi connectivity index (χ0) is 30.2. The molecule has 45 heavy (non-hydrogen) atoms. The van der Waals surface area contributed by atoms with E-state index in [1.165, 1.54) is 0 Å². The summed E-state index contributed by atoms with van der Waals surface area (Å²) < 4.78 is 11.6. The van der Waals surface area contributed by atoms with Gasteiger partial charge >= 0.3 is 0 Å². The number of hydrogen-bond donors (Lipinski definition) is 0. The minimum atomic E-state index is 0.707. The third kappa shape index (κ3) is 5.00. The molecule has 8 aromatic rings. The number of rotatable bonds is 6. The highest BCUT2D eigenvalue weighted by atomic mass is 16.5. The Bertz CT molecular complexity index is 2220. The van der Waals surface area contributed by atoms with Crippen molar-refractivity contribution in [2.24, 2.45) is 0 Å². The maximum absolute atomic E-state index is 6.12. The van der Waals surface area contributed by atoms with Gasteiger partial charge in [0.05, 0.1) is 29.6 Å². The molecule has 0 bridgehead atoms. The number of pyridine rings is 1. The molecular weight excluding hydrogens is 554 g/mol. The van der Waals surface area contributed by atoms with Crippen LogP contribution in [0.15, 0.2) is 150 Å². The van der Waals surface area contributed by atoms with E-state index >= 15 is 0 Å². The standard InChI is InChI=1S/C40H27N3O2/c1-44-32-20-21-36-33(24-32)38-37(45-36)22-23-41-39(38)30-18-14-27(15-19-30)26-12-16-29(17-13-26)35-25-34(28-8-4-2-5-9-28)42-40(43-35)31-10-6-3-7-11-31/h2-25H,1H3. The summed E-state index contributed by atoms with van der Waals surface area (Å²) in [5.41, 5.74) is 10.6. The van der Waals surface area contributed by atoms with Crippen LogP contribution < -0.4 is 4.74 Å². The molecule has 3 aromatic heterocycles. The fourth-order valence-electron chi connectivity index (χ4n) is 5.77. The van der Waals surface area contributed by atoms with Crippen molar-refractivity contribution in [3.63, 3.8) is 0 Å². The Labute approximate surface area is 260 Å². The van der Waals surface area contributed by atoms with Crippen LogP contribution >= 0.6 is 0 Å². The van der Waals surface area contributed by atoms with Crippen LogP contribution in [0.5, 0.6) is 5.75 Å². The van der Waals surface area contributed by atoms with Gasteiger partial charge in [-0.2, -0.15) is 0 Å². The van der Waals surface area contributed by atoms with Crippen molar-refractivity contribution in [2.75, 3.05) is 7.11 Å². The van der Waals surface area contributed by atoms with Crippen LogP contribution in [0.2, 0.25) is 0 Å². The van der Waals surface area contributed by atoms with Crippen molar-refractivity contribution in [1.29, 1.82) is 0 Å². The SMILES string of the molecule is COc1ccc2oc3ccnc(-c4ccc(-c5ccc(-c6cc(-c7ccccc7)nc(-c7ccccc7)n6)cc5)cc4)c3c2c1. The number of hydrogen-bond acceptors (Lipinski definition) is 5. The molecule has 0 atom stereocenters. The van der Waals surface area contributed by atoms with Gasteiger partial charge < -0.3 is 9.15 Å². The van der Waals surface area contributed by atoms with Crippen molar-refractivity contribution in [1.82, 2.24) is 15.0 Å². The molecule has 0 saturated carbocycles. The van der Waals surface area contributed by atoms with Crippen molar-refractivity contribution < 1.29 is 9.15 Å². The second-order valence-electron chi connectivity index (χ2n) is 10.8. The monoisotopic (exact) mass is 581 g/mol. The van der Waals surface area contributed by atoms with Crippen molar-refractivity contribution in [3.05, 3.63) is 146 Å². The maximum atomic E-state index is 6.12. The fraction of sp³-hybridized carbons (Fsp3) is 0.0250. The molecule has 0 aliphatic heterocycles. The molecule has 0 N–H and O–H groups in total. The maximum Gasteiger partial charge on any atom is 0.160 e. The van der Waals surface area contributed by atoms with Crippen LogP contribution in [0.4, 0.5) is 0 Å². The molecule has 214 valence electrons. The molecular formula is C40H27N3O2. The largest absolute Gasteiger partial charge is 0.497 e. The van der Waals surface area contributed by atoms with Crippen LogP contribution in [0.25, 0.3) is 78.2 Å². The average Bonchev–Trinajstić information content (AvgIpc) is 3.50. The van der Waals surface area contributed by atoms with Gasteiger partial charge in [0.25, 0.3) is 0 Å². The summed E-state index contributed by atoms with van der Waals surface area (Å²) in [5.74, 6) is 1.49. The number of furan rings is 1. The number of ether oxygens (including phenoxy) is 1. The molecule has 5 nitrogen and oxygen atoms in total. The highest BCUT2D eigenvalue weighted by Crippen LogP contribution is 2.37. The summed E-state index contributed by atoms with van der Waals surface area (Å²) in [6.07, 6.45) is 1.80.